The van der Waals surface area contributed by atoms with Crippen molar-refractivity contribution in [2.45, 2.75) is 13.3 Å². The average molecular weight is 282 g/mol. The molecule has 0 aliphatic rings. The molecule has 0 unspecified atom stereocenters. The van der Waals surface area contributed by atoms with Crippen LogP contribution in [0.25, 0.3) is 0 Å². The zero-order valence-electron chi connectivity index (χ0n) is 12.3. The van der Waals surface area contributed by atoms with E-state index in [4.69, 9.17) is 11.5 Å². The Morgan fingerprint density at radius 3 is 2.62 bits per heavy atom. The van der Waals surface area contributed by atoms with Crippen LogP contribution in [0.2, 0.25) is 0 Å². The number of nitrogen functional groups attached to an aromatic ring is 1. The summed E-state index contributed by atoms with van der Waals surface area (Å²) >= 11 is 0. The van der Waals surface area contributed by atoms with E-state index in [1.54, 1.807) is 0 Å². The average Bonchev–Trinajstić information content (AvgIpc) is 2.50. The maximum Gasteiger partial charge on any atom is 0.125 e. The van der Waals surface area contributed by atoms with Crippen LogP contribution >= 0.6 is 0 Å². The molecule has 2 aromatic rings. The first kappa shape index (κ1) is 14.9. The van der Waals surface area contributed by atoms with E-state index < -0.39 is 0 Å². The van der Waals surface area contributed by atoms with Crippen LogP contribution in [-0.2, 0) is 6.42 Å². The van der Waals surface area contributed by atoms with Gasteiger partial charge in [-0.25, -0.2) is 0 Å². The first-order valence-electron chi connectivity index (χ1n) is 7.18. The van der Waals surface area contributed by atoms with Crippen molar-refractivity contribution in [3.8, 4) is 0 Å². The van der Waals surface area contributed by atoms with Gasteiger partial charge in [0, 0.05) is 18.7 Å². The number of hydrogen-bond donors (Lipinski definition) is 3. The summed E-state index contributed by atoms with van der Waals surface area (Å²) in [6.45, 7) is 3.46. The Bertz CT molecular complexity index is 605. The van der Waals surface area contributed by atoms with Crippen molar-refractivity contribution >= 4 is 17.2 Å². The second-order valence-electron chi connectivity index (χ2n) is 4.82. The van der Waals surface area contributed by atoms with Gasteiger partial charge in [0.2, 0.25) is 0 Å². The zero-order chi connectivity index (χ0) is 15.1. The molecule has 2 aromatic carbocycles. The van der Waals surface area contributed by atoms with Gasteiger partial charge in [-0.1, -0.05) is 30.3 Å². The molecule has 0 fully saturated rings. The fourth-order valence-corrected chi connectivity index (χ4v) is 2.12. The molecule has 4 nitrogen and oxygen atoms in total. The lowest BCUT2D eigenvalue weighted by Crippen LogP contribution is -2.15. The van der Waals surface area contributed by atoms with Crippen molar-refractivity contribution in [1.82, 2.24) is 0 Å². The molecule has 5 N–H and O–H groups in total. The topological polar surface area (TPSA) is 76.4 Å². The molecule has 2 rings (SSSR count). The van der Waals surface area contributed by atoms with Crippen LogP contribution in [0, 0.1) is 0 Å². The Morgan fingerprint density at radius 1 is 1.14 bits per heavy atom. The van der Waals surface area contributed by atoms with Gasteiger partial charge in [0.1, 0.15) is 5.84 Å². The third-order valence-electron chi connectivity index (χ3n) is 3.25. The lowest BCUT2D eigenvalue weighted by atomic mass is 10.1. The van der Waals surface area contributed by atoms with Crippen molar-refractivity contribution in [1.29, 1.82) is 0 Å². The van der Waals surface area contributed by atoms with Gasteiger partial charge in [0.15, 0.2) is 0 Å². The highest BCUT2D eigenvalue weighted by molar-refractivity contribution is 5.99. The third kappa shape index (κ3) is 4.24. The Morgan fingerprint density at radius 2 is 1.90 bits per heavy atom. The number of hydrogen-bond acceptors (Lipinski definition) is 3. The molecule has 0 aromatic heterocycles. The van der Waals surface area contributed by atoms with Gasteiger partial charge in [0.05, 0.1) is 11.4 Å². The zero-order valence-corrected chi connectivity index (χ0v) is 12.3. The van der Waals surface area contributed by atoms with Gasteiger partial charge in [0.25, 0.3) is 0 Å². The van der Waals surface area contributed by atoms with E-state index in [9.17, 15) is 0 Å². The monoisotopic (exact) mass is 282 g/mol. The van der Waals surface area contributed by atoms with Gasteiger partial charge < -0.3 is 16.8 Å². The minimum absolute atomic E-state index is 0.545. The smallest absolute Gasteiger partial charge is 0.125 e. The number of aliphatic imine (C=N–C) groups is 1. The van der Waals surface area contributed by atoms with E-state index in [-0.39, 0.29) is 0 Å². The summed E-state index contributed by atoms with van der Waals surface area (Å²) in [5, 5.41) is 3.36. The van der Waals surface area contributed by atoms with Crippen LogP contribution < -0.4 is 16.8 Å². The molecule has 0 bridgehead atoms. The van der Waals surface area contributed by atoms with Gasteiger partial charge >= 0.3 is 0 Å². The highest BCUT2D eigenvalue weighted by Crippen LogP contribution is 2.20. The highest BCUT2D eigenvalue weighted by Gasteiger charge is 2.04. The standard InChI is InChI=1S/C17H22N4/c1-2-20-17(19)14-8-9-15(18)16(12-14)21-11-10-13-6-4-3-5-7-13/h3-9,12,21H,2,10-11,18H2,1H3,(H2,19,20). The van der Waals surface area contributed by atoms with E-state index >= 15 is 0 Å². The van der Waals surface area contributed by atoms with Crippen molar-refractivity contribution < 1.29 is 0 Å². The van der Waals surface area contributed by atoms with E-state index in [1.807, 2.05) is 43.3 Å². The predicted octanol–water partition coefficient (Wildman–Crippen LogP) is 2.65. The lowest BCUT2D eigenvalue weighted by molar-refractivity contribution is 1.02. The largest absolute Gasteiger partial charge is 0.397 e. The first-order valence-corrected chi connectivity index (χ1v) is 7.18. The minimum atomic E-state index is 0.545. The molecule has 0 heterocycles. The summed E-state index contributed by atoms with van der Waals surface area (Å²) in [7, 11) is 0. The SMILES string of the molecule is CCN=C(N)c1ccc(N)c(NCCc2ccccc2)c1. The Labute approximate surface area is 125 Å². The van der Waals surface area contributed by atoms with Crippen LogP contribution in [0.1, 0.15) is 18.1 Å². The van der Waals surface area contributed by atoms with E-state index in [0.717, 1.165) is 29.9 Å². The van der Waals surface area contributed by atoms with Gasteiger partial charge in [-0.15, -0.1) is 0 Å². The van der Waals surface area contributed by atoms with Gasteiger partial charge in [-0.3, -0.25) is 4.99 Å². The Balaban J connectivity index is 2.02. The molecule has 0 aliphatic carbocycles. The van der Waals surface area contributed by atoms with Crippen LogP contribution in [0.15, 0.2) is 53.5 Å². The maximum atomic E-state index is 6.00. The quantitative estimate of drug-likeness (QED) is 0.433. The second kappa shape index (κ2) is 7.33. The van der Waals surface area contributed by atoms with Crippen LogP contribution in [0.5, 0.6) is 0 Å². The molecule has 21 heavy (non-hydrogen) atoms. The number of rotatable bonds is 6. The molecular weight excluding hydrogens is 260 g/mol. The third-order valence-corrected chi connectivity index (χ3v) is 3.25. The molecular formula is C17H22N4. The van der Waals surface area contributed by atoms with Crippen LogP contribution in [0.4, 0.5) is 11.4 Å². The normalized spacial score (nSPS) is 11.4. The number of amidine groups is 1. The van der Waals surface area contributed by atoms with Crippen molar-refractivity contribution in [3.05, 3.63) is 59.7 Å². The van der Waals surface area contributed by atoms with Crippen molar-refractivity contribution in [3.63, 3.8) is 0 Å². The second-order valence-corrected chi connectivity index (χ2v) is 4.82. The molecule has 0 amide bonds. The first-order chi connectivity index (χ1) is 10.2. The summed E-state index contributed by atoms with van der Waals surface area (Å²) in [6.07, 6.45) is 0.947. The van der Waals surface area contributed by atoms with Crippen molar-refractivity contribution in [2.24, 2.45) is 10.7 Å². The number of nitrogens with two attached hydrogens (primary N) is 2. The lowest BCUT2D eigenvalue weighted by Gasteiger charge is -2.11. The molecule has 0 spiro atoms. The summed E-state index contributed by atoms with van der Waals surface area (Å²) in [4.78, 5) is 4.22. The summed E-state index contributed by atoms with van der Waals surface area (Å²) < 4.78 is 0. The molecule has 0 atom stereocenters. The summed E-state index contributed by atoms with van der Waals surface area (Å²) in [5.41, 5.74) is 15.7. The van der Waals surface area contributed by atoms with Crippen LogP contribution in [0.3, 0.4) is 0 Å². The Hall–Kier alpha value is -2.49. The van der Waals surface area contributed by atoms with Crippen molar-refractivity contribution in [2.75, 3.05) is 24.1 Å². The molecule has 110 valence electrons. The van der Waals surface area contributed by atoms with Gasteiger partial charge in [-0.05, 0) is 37.1 Å². The number of nitrogens with zero attached hydrogens (tertiary/aromatic N) is 1. The summed E-state index contributed by atoms with van der Waals surface area (Å²) in [5.74, 6) is 0.545. The van der Waals surface area contributed by atoms with E-state index in [2.05, 4.69) is 22.4 Å². The minimum Gasteiger partial charge on any atom is -0.397 e. The molecule has 4 heteroatoms. The Kier molecular flexibility index (Phi) is 5.21. The highest BCUT2D eigenvalue weighted by atomic mass is 14.9. The fraction of sp³-hybridized carbons (Fsp3) is 0.235. The van der Waals surface area contributed by atoms with E-state index in [1.165, 1.54) is 5.56 Å². The molecule has 0 saturated carbocycles. The molecule has 0 aliphatic heterocycles. The molecule has 0 saturated heterocycles. The number of anilines is 2. The number of benzene rings is 2. The van der Waals surface area contributed by atoms with Gasteiger partial charge in [-0.2, -0.15) is 0 Å². The predicted molar refractivity (Wildman–Crippen MR) is 90.8 cm³/mol. The number of nitrogens with one attached hydrogen (secondary N) is 1. The fourth-order valence-electron chi connectivity index (χ4n) is 2.12. The van der Waals surface area contributed by atoms with E-state index in [0.29, 0.717) is 12.4 Å². The maximum absolute atomic E-state index is 6.00. The summed E-state index contributed by atoms with van der Waals surface area (Å²) in [6, 6.07) is 16.1. The molecule has 0 radical (unpaired) electrons. The van der Waals surface area contributed by atoms with Crippen LogP contribution in [-0.4, -0.2) is 18.9 Å².